The zero-order chi connectivity index (χ0) is 22.4. The lowest BCUT2D eigenvalue weighted by Crippen LogP contribution is -2.13. The number of carbonyl (C=O) groups is 2. The number of carbonyl (C=O) groups excluding carboxylic acids is 2. The number of aromatic nitrogens is 1. The maximum absolute atomic E-state index is 12.2. The number of thiazole rings is 1. The normalized spacial score (nSPS) is 11.2. The van der Waals surface area contributed by atoms with Crippen LogP contribution in [0.3, 0.4) is 0 Å². The Morgan fingerprint density at radius 2 is 1.48 bits per heavy atom. The van der Waals surface area contributed by atoms with Crippen molar-refractivity contribution in [2.75, 3.05) is 20.8 Å². The number of esters is 1. The van der Waals surface area contributed by atoms with Gasteiger partial charge in [0, 0.05) is 5.56 Å². The highest BCUT2D eigenvalue weighted by atomic mass is 32.1. The summed E-state index contributed by atoms with van der Waals surface area (Å²) < 4.78 is 15.5. The molecule has 6 nitrogen and oxygen atoms in total. The van der Waals surface area contributed by atoms with Crippen molar-refractivity contribution < 1.29 is 23.8 Å². The lowest BCUT2D eigenvalue weighted by atomic mass is 10.1. The molecule has 1 aromatic heterocycles. The van der Waals surface area contributed by atoms with E-state index in [1.165, 1.54) is 24.3 Å². The third kappa shape index (κ3) is 5.19. The average Bonchev–Trinajstić information content (AvgIpc) is 3.21. The number of Topliss-reactive ketones (excluding diaryl/α,β-unsaturated/α-hetero) is 1. The number of ketones is 1. The Bertz CT molecular complexity index is 1030. The van der Waals surface area contributed by atoms with E-state index in [0.717, 1.165) is 33.2 Å². The molecule has 0 aliphatic carbocycles. The van der Waals surface area contributed by atoms with Gasteiger partial charge < -0.3 is 14.2 Å². The van der Waals surface area contributed by atoms with Gasteiger partial charge in [-0.2, -0.15) is 0 Å². The smallest absolute Gasteiger partial charge is 0.341 e. The highest BCUT2D eigenvalue weighted by Crippen LogP contribution is 2.38. The van der Waals surface area contributed by atoms with Gasteiger partial charge >= 0.3 is 5.97 Å². The summed E-state index contributed by atoms with van der Waals surface area (Å²) >= 11 is 1.39. The molecule has 0 radical (unpaired) electrons. The van der Waals surface area contributed by atoms with E-state index in [-0.39, 0.29) is 18.0 Å². The second-order valence-electron chi connectivity index (χ2n) is 6.52. The predicted molar refractivity (Wildman–Crippen MR) is 121 cm³/mol. The van der Waals surface area contributed by atoms with Crippen molar-refractivity contribution in [3.8, 4) is 33.2 Å². The summed E-state index contributed by atoms with van der Waals surface area (Å²) in [6, 6.07) is 15.2. The van der Waals surface area contributed by atoms with Gasteiger partial charge in [-0.3, -0.25) is 4.79 Å². The van der Waals surface area contributed by atoms with E-state index in [9.17, 15) is 9.59 Å². The Hall–Kier alpha value is -3.45. The fourth-order valence-corrected chi connectivity index (χ4v) is 3.95. The molecular formula is C24H23NO5S. The van der Waals surface area contributed by atoms with E-state index in [2.05, 4.69) is 0 Å². The maximum atomic E-state index is 12.2. The van der Waals surface area contributed by atoms with Crippen LogP contribution in [0.2, 0.25) is 0 Å². The molecule has 0 amide bonds. The second-order valence-corrected chi connectivity index (χ2v) is 7.55. The van der Waals surface area contributed by atoms with Crippen LogP contribution in [0, 0.1) is 0 Å². The van der Waals surface area contributed by atoms with Gasteiger partial charge in [-0.25, -0.2) is 9.78 Å². The van der Waals surface area contributed by atoms with Crippen molar-refractivity contribution in [1.82, 2.24) is 4.98 Å². The van der Waals surface area contributed by atoms with Crippen LogP contribution in [0.15, 0.2) is 54.1 Å². The number of ether oxygens (including phenoxy) is 3. The molecule has 3 aromatic rings. The molecule has 160 valence electrons. The lowest BCUT2D eigenvalue weighted by Gasteiger charge is -2.05. The molecule has 0 aliphatic rings. The van der Waals surface area contributed by atoms with Crippen LogP contribution in [0.4, 0.5) is 0 Å². The van der Waals surface area contributed by atoms with Gasteiger partial charge in [0.1, 0.15) is 22.1 Å². The highest BCUT2D eigenvalue weighted by Gasteiger charge is 2.19. The van der Waals surface area contributed by atoms with E-state index < -0.39 is 5.97 Å². The molecule has 0 spiro atoms. The topological polar surface area (TPSA) is 74.7 Å². The van der Waals surface area contributed by atoms with E-state index in [1.54, 1.807) is 21.1 Å². The zero-order valence-corrected chi connectivity index (χ0v) is 18.6. The minimum atomic E-state index is -0.651. The summed E-state index contributed by atoms with van der Waals surface area (Å²) in [4.78, 5) is 29.9. The van der Waals surface area contributed by atoms with E-state index in [0.29, 0.717) is 5.01 Å². The van der Waals surface area contributed by atoms with Gasteiger partial charge in [0.15, 0.2) is 5.78 Å². The van der Waals surface area contributed by atoms with Crippen molar-refractivity contribution in [2.24, 2.45) is 0 Å². The molecular weight excluding hydrogens is 414 g/mol. The lowest BCUT2D eigenvalue weighted by molar-refractivity contribution is -0.139. The summed E-state index contributed by atoms with van der Waals surface area (Å²) in [7, 11) is 3.23. The minimum absolute atomic E-state index is 0.0295. The third-order valence-electron chi connectivity index (χ3n) is 4.50. The summed E-state index contributed by atoms with van der Waals surface area (Å²) in [6.45, 7) is 3.23. The molecule has 2 aromatic carbocycles. The number of rotatable bonds is 8. The molecule has 0 saturated carbocycles. The van der Waals surface area contributed by atoms with Gasteiger partial charge in [-0.05, 0) is 74.0 Å². The monoisotopic (exact) mass is 437 g/mol. The number of benzene rings is 2. The molecule has 0 aliphatic heterocycles. The molecule has 3 rings (SSSR count). The Morgan fingerprint density at radius 3 is 1.97 bits per heavy atom. The van der Waals surface area contributed by atoms with Gasteiger partial charge in [0.2, 0.25) is 0 Å². The molecule has 0 N–H and O–H groups in total. The van der Waals surface area contributed by atoms with Gasteiger partial charge in [-0.1, -0.05) is 0 Å². The van der Waals surface area contributed by atoms with Crippen LogP contribution in [-0.4, -0.2) is 37.6 Å². The molecule has 1 heterocycles. The number of methoxy groups -OCH3 is 2. The fraction of sp³-hybridized carbons (Fsp3) is 0.208. The zero-order valence-electron chi connectivity index (χ0n) is 17.8. The van der Waals surface area contributed by atoms with Crippen molar-refractivity contribution in [3.63, 3.8) is 0 Å². The van der Waals surface area contributed by atoms with E-state index in [4.69, 9.17) is 19.2 Å². The Labute approximate surface area is 185 Å². The summed E-state index contributed by atoms with van der Waals surface area (Å²) in [6.07, 6.45) is 1.49. The first-order valence-electron chi connectivity index (χ1n) is 9.66. The summed E-state index contributed by atoms with van der Waals surface area (Å²) in [5, 5.41) is 0.537. The summed E-state index contributed by atoms with van der Waals surface area (Å²) in [5.41, 5.74) is 2.56. The quantitative estimate of drug-likeness (QED) is 0.213. The molecule has 0 bridgehead atoms. The van der Waals surface area contributed by atoms with Crippen molar-refractivity contribution >= 4 is 29.2 Å². The standard InChI is InChI=1S/C24H23NO5S/c1-5-30-24(27)20(15(2)26)14-21-25-22(16-6-10-18(28-3)11-7-16)23(31-21)17-8-12-19(29-4)13-9-17/h6-14H,5H2,1-4H3/b20-14+. The predicted octanol–water partition coefficient (Wildman–Crippen LogP) is 5.03. The first kappa shape index (κ1) is 22.2. The Kier molecular flexibility index (Phi) is 7.20. The fourth-order valence-electron chi connectivity index (χ4n) is 2.92. The number of hydrogen-bond acceptors (Lipinski definition) is 7. The molecule has 31 heavy (non-hydrogen) atoms. The molecule has 0 atom stereocenters. The Morgan fingerprint density at radius 1 is 0.935 bits per heavy atom. The van der Waals surface area contributed by atoms with Gasteiger partial charge in [0.25, 0.3) is 0 Å². The van der Waals surface area contributed by atoms with Gasteiger partial charge in [-0.15, -0.1) is 11.3 Å². The second kappa shape index (κ2) is 10.0. The molecule has 7 heteroatoms. The highest BCUT2D eigenvalue weighted by molar-refractivity contribution is 7.16. The van der Waals surface area contributed by atoms with Crippen LogP contribution in [0.25, 0.3) is 27.8 Å². The van der Waals surface area contributed by atoms with Crippen LogP contribution >= 0.6 is 11.3 Å². The first-order chi connectivity index (χ1) is 15.0. The van der Waals surface area contributed by atoms with Crippen molar-refractivity contribution in [2.45, 2.75) is 13.8 Å². The molecule has 0 unspecified atom stereocenters. The van der Waals surface area contributed by atoms with Crippen LogP contribution in [-0.2, 0) is 14.3 Å². The average molecular weight is 438 g/mol. The minimum Gasteiger partial charge on any atom is -0.497 e. The largest absolute Gasteiger partial charge is 0.497 e. The van der Waals surface area contributed by atoms with Crippen LogP contribution < -0.4 is 9.47 Å². The van der Waals surface area contributed by atoms with Crippen LogP contribution in [0.5, 0.6) is 11.5 Å². The van der Waals surface area contributed by atoms with Crippen LogP contribution in [0.1, 0.15) is 18.9 Å². The van der Waals surface area contributed by atoms with Gasteiger partial charge in [0.05, 0.1) is 31.4 Å². The third-order valence-corrected chi connectivity index (χ3v) is 5.55. The first-order valence-corrected chi connectivity index (χ1v) is 10.5. The summed E-state index contributed by atoms with van der Waals surface area (Å²) in [5.74, 6) is 0.472. The molecule has 0 saturated heterocycles. The van der Waals surface area contributed by atoms with E-state index in [1.807, 2.05) is 48.5 Å². The number of nitrogens with zero attached hydrogens (tertiary/aromatic N) is 1. The van der Waals surface area contributed by atoms with E-state index >= 15 is 0 Å². The van der Waals surface area contributed by atoms with Crippen molar-refractivity contribution in [1.29, 1.82) is 0 Å². The SMILES string of the molecule is CCOC(=O)/C(=C/c1nc(-c2ccc(OC)cc2)c(-c2ccc(OC)cc2)s1)C(C)=O. The number of hydrogen-bond donors (Lipinski definition) is 0. The van der Waals surface area contributed by atoms with Crippen molar-refractivity contribution in [3.05, 3.63) is 59.1 Å². The Balaban J connectivity index is 2.13. The maximum Gasteiger partial charge on any atom is 0.341 e. The molecule has 0 fully saturated rings.